The van der Waals surface area contributed by atoms with Gasteiger partial charge in [-0.15, -0.1) is 11.3 Å². The molecule has 2 N–H and O–H groups in total. The van der Waals surface area contributed by atoms with Crippen LogP contribution in [0.5, 0.6) is 5.75 Å². The first kappa shape index (κ1) is 19.2. The summed E-state index contributed by atoms with van der Waals surface area (Å²) in [5.41, 5.74) is 1.80. The van der Waals surface area contributed by atoms with Crippen molar-refractivity contribution in [3.05, 3.63) is 70.2 Å². The highest BCUT2D eigenvalue weighted by Gasteiger charge is 2.12. The van der Waals surface area contributed by atoms with E-state index in [1.165, 1.54) is 11.3 Å². The smallest absolute Gasteiger partial charge is 0.315 e. The van der Waals surface area contributed by atoms with Crippen LogP contribution in [0.2, 0.25) is 5.02 Å². The van der Waals surface area contributed by atoms with Crippen LogP contribution in [0, 0.1) is 6.92 Å². The number of benzene rings is 2. The molecule has 1 aromatic heterocycles. The van der Waals surface area contributed by atoms with Crippen LogP contribution < -0.4 is 15.4 Å². The highest BCUT2D eigenvalue weighted by atomic mass is 35.5. The molecule has 5 nitrogen and oxygen atoms in total. The third-order valence-corrected chi connectivity index (χ3v) is 5.33. The van der Waals surface area contributed by atoms with Crippen molar-refractivity contribution < 1.29 is 9.53 Å². The molecule has 0 saturated carbocycles. The molecule has 27 heavy (non-hydrogen) atoms. The maximum Gasteiger partial charge on any atom is 0.315 e. The van der Waals surface area contributed by atoms with Crippen molar-refractivity contribution in [1.82, 2.24) is 15.6 Å². The SMILES string of the molecule is Cc1nc(-c2ccccc2Cl)sc1CNC(=O)NCCOc1ccccc1. The normalized spacial score (nSPS) is 10.4. The lowest BCUT2D eigenvalue weighted by molar-refractivity contribution is 0.236. The molecule has 0 saturated heterocycles. The summed E-state index contributed by atoms with van der Waals surface area (Å²) in [7, 11) is 0. The molecule has 3 aromatic rings. The van der Waals surface area contributed by atoms with Crippen LogP contribution in [0.3, 0.4) is 0 Å². The number of aryl methyl sites for hydroxylation is 1. The molecule has 2 aromatic carbocycles. The third kappa shape index (κ3) is 5.45. The first-order valence-electron chi connectivity index (χ1n) is 8.54. The monoisotopic (exact) mass is 401 g/mol. The van der Waals surface area contributed by atoms with Gasteiger partial charge in [0.1, 0.15) is 17.4 Å². The van der Waals surface area contributed by atoms with Crippen molar-refractivity contribution in [3.63, 3.8) is 0 Å². The van der Waals surface area contributed by atoms with Crippen molar-refractivity contribution in [1.29, 1.82) is 0 Å². The lowest BCUT2D eigenvalue weighted by atomic mass is 10.2. The van der Waals surface area contributed by atoms with E-state index in [1.54, 1.807) is 0 Å². The summed E-state index contributed by atoms with van der Waals surface area (Å²) in [6, 6.07) is 16.9. The Hall–Kier alpha value is -2.57. The van der Waals surface area contributed by atoms with Gasteiger partial charge >= 0.3 is 6.03 Å². The topological polar surface area (TPSA) is 63.2 Å². The van der Waals surface area contributed by atoms with Crippen molar-refractivity contribution in [3.8, 4) is 16.3 Å². The summed E-state index contributed by atoms with van der Waals surface area (Å²) < 4.78 is 5.54. The van der Waals surface area contributed by atoms with Crippen molar-refractivity contribution in [2.24, 2.45) is 0 Å². The van der Waals surface area contributed by atoms with Crippen LogP contribution in [0.25, 0.3) is 10.6 Å². The number of nitrogens with one attached hydrogen (secondary N) is 2. The van der Waals surface area contributed by atoms with Crippen molar-refractivity contribution in [2.75, 3.05) is 13.2 Å². The number of hydrogen-bond donors (Lipinski definition) is 2. The molecule has 0 unspecified atom stereocenters. The molecule has 0 spiro atoms. The fourth-order valence-electron chi connectivity index (χ4n) is 2.42. The maximum atomic E-state index is 12.0. The Morgan fingerprint density at radius 1 is 1.11 bits per heavy atom. The first-order chi connectivity index (χ1) is 13.1. The van der Waals surface area contributed by atoms with Crippen LogP contribution in [0.4, 0.5) is 4.79 Å². The Labute approximate surface area is 167 Å². The second kappa shape index (κ2) is 9.39. The van der Waals surface area contributed by atoms with E-state index in [0.29, 0.717) is 24.7 Å². The van der Waals surface area contributed by atoms with Gasteiger partial charge in [0.05, 0.1) is 23.8 Å². The number of carbonyl (C=O) groups excluding carboxylic acids is 1. The second-order valence-corrected chi connectivity index (χ2v) is 7.27. The average Bonchev–Trinajstić information content (AvgIpc) is 3.05. The summed E-state index contributed by atoms with van der Waals surface area (Å²) >= 11 is 7.77. The number of aromatic nitrogens is 1. The van der Waals surface area contributed by atoms with Gasteiger partial charge in [-0.1, -0.05) is 48.0 Å². The molecule has 0 bridgehead atoms. The standard InChI is InChI=1S/C20H20ClN3O2S/c1-14-18(27-19(24-14)16-9-5-6-10-17(16)21)13-23-20(25)22-11-12-26-15-7-3-2-4-8-15/h2-10H,11-13H2,1H3,(H2,22,23,25). The van der Waals surface area contributed by atoms with E-state index < -0.39 is 0 Å². The van der Waals surface area contributed by atoms with Crippen LogP contribution in [0.1, 0.15) is 10.6 Å². The number of rotatable bonds is 7. The molecule has 1 heterocycles. The Balaban J connectivity index is 1.46. The number of carbonyl (C=O) groups is 1. The van der Waals surface area contributed by atoms with Crippen LogP contribution in [0.15, 0.2) is 54.6 Å². The summed E-state index contributed by atoms with van der Waals surface area (Å²) in [5, 5.41) is 7.15. The van der Waals surface area contributed by atoms with Crippen LogP contribution >= 0.6 is 22.9 Å². The molecule has 140 valence electrons. The lowest BCUT2D eigenvalue weighted by Gasteiger charge is -2.08. The number of nitrogens with zero attached hydrogens (tertiary/aromatic N) is 1. The molecule has 7 heteroatoms. The molecule has 2 amide bonds. The summed E-state index contributed by atoms with van der Waals surface area (Å²) in [6.45, 7) is 3.18. The number of halogens is 1. The molecular formula is C20H20ClN3O2S. The fraction of sp³-hybridized carbons (Fsp3) is 0.200. The van der Waals surface area contributed by atoms with Gasteiger partial charge in [-0.3, -0.25) is 0 Å². The molecule has 3 rings (SSSR count). The zero-order valence-corrected chi connectivity index (χ0v) is 16.4. The van der Waals surface area contributed by atoms with E-state index in [2.05, 4.69) is 15.6 Å². The van der Waals surface area contributed by atoms with Gasteiger partial charge in [-0.25, -0.2) is 9.78 Å². The zero-order chi connectivity index (χ0) is 19.1. The van der Waals surface area contributed by atoms with E-state index in [-0.39, 0.29) is 6.03 Å². The number of urea groups is 1. The van der Waals surface area contributed by atoms with Gasteiger partial charge in [0.25, 0.3) is 0 Å². The van der Waals surface area contributed by atoms with E-state index in [9.17, 15) is 4.79 Å². The molecule has 0 radical (unpaired) electrons. The summed E-state index contributed by atoms with van der Waals surface area (Å²) in [6.07, 6.45) is 0. The summed E-state index contributed by atoms with van der Waals surface area (Å²) in [4.78, 5) is 17.5. The third-order valence-electron chi connectivity index (χ3n) is 3.81. The average molecular weight is 402 g/mol. The highest BCUT2D eigenvalue weighted by molar-refractivity contribution is 7.15. The van der Waals surface area contributed by atoms with Crippen LogP contribution in [-0.4, -0.2) is 24.2 Å². The molecule has 0 atom stereocenters. The zero-order valence-electron chi connectivity index (χ0n) is 14.9. The second-order valence-electron chi connectivity index (χ2n) is 5.78. The minimum absolute atomic E-state index is 0.237. The number of amides is 2. The Morgan fingerprint density at radius 2 is 1.85 bits per heavy atom. The Kier molecular flexibility index (Phi) is 6.68. The molecule has 0 aliphatic carbocycles. The number of para-hydroxylation sites is 1. The minimum atomic E-state index is -0.237. The predicted molar refractivity (Wildman–Crippen MR) is 109 cm³/mol. The molecule has 0 fully saturated rings. The van der Waals surface area contributed by atoms with E-state index in [0.717, 1.165) is 26.9 Å². The van der Waals surface area contributed by atoms with Crippen LogP contribution in [-0.2, 0) is 6.54 Å². The largest absolute Gasteiger partial charge is 0.492 e. The quantitative estimate of drug-likeness (QED) is 0.566. The van der Waals surface area contributed by atoms with Gasteiger partial charge in [-0.05, 0) is 25.1 Å². The molecule has 0 aliphatic heterocycles. The van der Waals surface area contributed by atoms with Gasteiger partial charge in [0, 0.05) is 10.4 Å². The van der Waals surface area contributed by atoms with Crippen molar-refractivity contribution in [2.45, 2.75) is 13.5 Å². The summed E-state index contributed by atoms with van der Waals surface area (Å²) in [5.74, 6) is 0.784. The maximum absolute atomic E-state index is 12.0. The van der Waals surface area contributed by atoms with Gasteiger partial charge < -0.3 is 15.4 Å². The van der Waals surface area contributed by atoms with E-state index in [1.807, 2.05) is 61.5 Å². The molecule has 0 aliphatic rings. The number of hydrogen-bond acceptors (Lipinski definition) is 4. The minimum Gasteiger partial charge on any atom is -0.492 e. The van der Waals surface area contributed by atoms with E-state index >= 15 is 0 Å². The number of thiazole rings is 1. The predicted octanol–water partition coefficient (Wildman–Crippen LogP) is 4.65. The van der Waals surface area contributed by atoms with Gasteiger partial charge in [0.2, 0.25) is 0 Å². The number of ether oxygens (including phenoxy) is 1. The lowest BCUT2D eigenvalue weighted by Crippen LogP contribution is -2.37. The van der Waals surface area contributed by atoms with Gasteiger partial charge in [0.15, 0.2) is 0 Å². The fourth-order valence-corrected chi connectivity index (χ4v) is 3.74. The Bertz CT molecular complexity index is 899. The Morgan fingerprint density at radius 3 is 2.63 bits per heavy atom. The first-order valence-corrected chi connectivity index (χ1v) is 9.73. The van der Waals surface area contributed by atoms with E-state index in [4.69, 9.17) is 16.3 Å². The molecular weight excluding hydrogens is 382 g/mol. The highest BCUT2D eigenvalue weighted by Crippen LogP contribution is 2.32. The van der Waals surface area contributed by atoms with Crippen molar-refractivity contribution >= 4 is 29.0 Å². The van der Waals surface area contributed by atoms with Gasteiger partial charge in [-0.2, -0.15) is 0 Å².